The summed E-state index contributed by atoms with van der Waals surface area (Å²) in [6.07, 6.45) is 0. The SMILES string of the molecule is Cc1cccc(Cl)c1NC(=O)c1ccc2nc(NC(=O)NCc3c(F)cccc3F)sc2c1. The van der Waals surface area contributed by atoms with Gasteiger partial charge in [-0.25, -0.2) is 18.6 Å². The number of amides is 3. The van der Waals surface area contributed by atoms with Gasteiger partial charge in [-0.2, -0.15) is 0 Å². The van der Waals surface area contributed by atoms with Crippen LogP contribution in [-0.2, 0) is 6.54 Å². The maximum atomic E-state index is 13.7. The zero-order chi connectivity index (χ0) is 23.5. The molecule has 0 saturated heterocycles. The first kappa shape index (κ1) is 22.6. The monoisotopic (exact) mass is 486 g/mol. The Morgan fingerprint density at radius 2 is 1.76 bits per heavy atom. The largest absolute Gasteiger partial charge is 0.334 e. The third-order valence-electron chi connectivity index (χ3n) is 4.82. The van der Waals surface area contributed by atoms with Crippen LogP contribution in [0.2, 0.25) is 5.02 Å². The van der Waals surface area contributed by atoms with E-state index in [1.165, 1.54) is 6.07 Å². The zero-order valence-corrected chi connectivity index (χ0v) is 18.8. The summed E-state index contributed by atoms with van der Waals surface area (Å²) in [4.78, 5) is 29.1. The summed E-state index contributed by atoms with van der Waals surface area (Å²) in [6.45, 7) is 1.53. The van der Waals surface area contributed by atoms with Gasteiger partial charge in [-0.1, -0.05) is 41.1 Å². The fraction of sp³-hybridized carbons (Fsp3) is 0.0870. The summed E-state index contributed by atoms with van der Waals surface area (Å²) in [5.41, 5.74) is 2.13. The summed E-state index contributed by atoms with van der Waals surface area (Å²) in [7, 11) is 0. The molecule has 0 spiro atoms. The van der Waals surface area contributed by atoms with Gasteiger partial charge in [-0.3, -0.25) is 10.1 Å². The van der Waals surface area contributed by atoms with Crippen LogP contribution in [0.4, 0.5) is 24.4 Å². The normalized spacial score (nSPS) is 10.8. The highest BCUT2D eigenvalue weighted by molar-refractivity contribution is 7.22. The van der Waals surface area contributed by atoms with Crippen LogP contribution in [0.25, 0.3) is 10.2 Å². The summed E-state index contributed by atoms with van der Waals surface area (Å²) >= 11 is 7.34. The van der Waals surface area contributed by atoms with Crippen molar-refractivity contribution in [2.45, 2.75) is 13.5 Å². The molecule has 10 heteroatoms. The minimum Gasteiger partial charge on any atom is -0.334 e. The molecule has 0 radical (unpaired) electrons. The number of rotatable bonds is 5. The average Bonchev–Trinajstić information content (AvgIpc) is 3.17. The summed E-state index contributed by atoms with van der Waals surface area (Å²) in [5.74, 6) is -1.82. The second-order valence-electron chi connectivity index (χ2n) is 7.10. The van der Waals surface area contributed by atoms with Crippen molar-refractivity contribution in [1.29, 1.82) is 0 Å². The van der Waals surface area contributed by atoms with Crippen LogP contribution in [0, 0.1) is 18.6 Å². The van der Waals surface area contributed by atoms with E-state index in [4.69, 9.17) is 11.6 Å². The third kappa shape index (κ3) is 5.10. The Bertz CT molecular complexity index is 1340. The zero-order valence-electron chi connectivity index (χ0n) is 17.2. The first-order valence-corrected chi connectivity index (χ1v) is 11.0. The summed E-state index contributed by atoms with van der Waals surface area (Å²) < 4.78 is 28.1. The summed E-state index contributed by atoms with van der Waals surface area (Å²) in [6, 6.07) is 13.1. The van der Waals surface area contributed by atoms with Crippen LogP contribution in [-0.4, -0.2) is 16.9 Å². The van der Waals surface area contributed by atoms with Crippen LogP contribution in [0.1, 0.15) is 21.5 Å². The van der Waals surface area contributed by atoms with Crippen molar-refractivity contribution in [2.24, 2.45) is 0 Å². The number of benzene rings is 3. The predicted molar refractivity (Wildman–Crippen MR) is 126 cm³/mol. The van der Waals surface area contributed by atoms with Crippen LogP contribution in [0.3, 0.4) is 0 Å². The maximum Gasteiger partial charge on any atom is 0.321 e. The van der Waals surface area contributed by atoms with Gasteiger partial charge in [0, 0.05) is 11.1 Å². The molecule has 4 aromatic rings. The minimum atomic E-state index is -0.743. The van der Waals surface area contributed by atoms with Crippen molar-refractivity contribution >= 4 is 55.9 Å². The van der Waals surface area contributed by atoms with E-state index >= 15 is 0 Å². The van der Waals surface area contributed by atoms with E-state index in [1.54, 1.807) is 30.3 Å². The topological polar surface area (TPSA) is 83.1 Å². The van der Waals surface area contributed by atoms with Crippen LogP contribution >= 0.6 is 22.9 Å². The van der Waals surface area contributed by atoms with E-state index in [9.17, 15) is 18.4 Å². The number of carbonyl (C=O) groups excluding carboxylic acids is 2. The molecular formula is C23H17ClF2N4O2S. The maximum absolute atomic E-state index is 13.7. The number of anilines is 2. The second kappa shape index (κ2) is 9.51. The highest BCUT2D eigenvalue weighted by atomic mass is 35.5. The van der Waals surface area contributed by atoms with Gasteiger partial charge in [0.15, 0.2) is 5.13 Å². The van der Waals surface area contributed by atoms with Gasteiger partial charge in [0.1, 0.15) is 11.6 Å². The van der Waals surface area contributed by atoms with Crippen molar-refractivity contribution < 1.29 is 18.4 Å². The molecule has 0 bridgehead atoms. The number of hydrogen-bond acceptors (Lipinski definition) is 4. The molecule has 33 heavy (non-hydrogen) atoms. The van der Waals surface area contributed by atoms with Crippen molar-refractivity contribution in [3.8, 4) is 0 Å². The molecule has 0 unspecified atom stereocenters. The standard InChI is InChI=1S/C23H17ClF2N4O2S/c1-12-4-2-5-15(24)20(12)29-21(31)13-8-9-18-19(10-13)33-23(28-18)30-22(32)27-11-14-16(25)6-3-7-17(14)26/h2-10H,11H2,1H3,(H,29,31)(H2,27,28,30,32). The first-order valence-electron chi connectivity index (χ1n) is 9.76. The molecule has 0 fully saturated rings. The highest BCUT2D eigenvalue weighted by Crippen LogP contribution is 2.29. The number of fused-ring (bicyclic) bond motifs is 1. The second-order valence-corrected chi connectivity index (χ2v) is 8.53. The molecule has 0 aliphatic carbocycles. The quantitative estimate of drug-likeness (QED) is 0.318. The van der Waals surface area contributed by atoms with Crippen molar-refractivity contribution in [1.82, 2.24) is 10.3 Å². The van der Waals surface area contributed by atoms with Gasteiger partial charge in [0.05, 0.1) is 27.5 Å². The van der Waals surface area contributed by atoms with Crippen molar-refractivity contribution in [3.05, 3.63) is 87.9 Å². The lowest BCUT2D eigenvalue weighted by Crippen LogP contribution is -2.28. The molecule has 3 aromatic carbocycles. The molecule has 0 saturated carbocycles. The fourth-order valence-corrected chi connectivity index (χ4v) is 4.28. The first-order chi connectivity index (χ1) is 15.8. The third-order valence-corrected chi connectivity index (χ3v) is 6.07. The van der Waals surface area contributed by atoms with E-state index in [-0.39, 0.29) is 23.1 Å². The Hall–Kier alpha value is -3.56. The van der Waals surface area contributed by atoms with Crippen LogP contribution in [0.5, 0.6) is 0 Å². The number of hydrogen-bond donors (Lipinski definition) is 3. The van der Waals surface area contributed by atoms with Crippen molar-refractivity contribution in [3.63, 3.8) is 0 Å². The summed E-state index contributed by atoms with van der Waals surface area (Å²) in [5, 5.41) is 8.47. The van der Waals surface area contributed by atoms with E-state index in [1.807, 2.05) is 13.0 Å². The molecule has 0 aliphatic heterocycles. The van der Waals surface area contributed by atoms with Crippen molar-refractivity contribution in [2.75, 3.05) is 10.6 Å². The minimum absolute atomic E-state index is 0.235. The molecule has 6 nitrogen and oxygen atoms in total. The lowest BCUT2D eigenvalue weighted by molar-refractivity contribution is 0.102. The van der Waals surface area contributed by atoms with Gasteiger partial charge in [-0.05, 0) is 48.9 Å². The lowest BCUT2D eigenvalue weighted by atomic mass is 10.1. The van der Waals surface area contributed by atoms with Crippen LogP contribution < -0.4 is 16.0 Å². The Balaban J connectivity index is 1.44. The van der Waals surface area contributed by atoms with E-state index in [0.29, 0.717) is 26.5 Å². The molecule has 3 amide bonds. The van der Waals surface area contributed by atoms with Crippen LogP contribution in [0.15, 0.2) is 54.6 Å². The molecule has 1 heterocycles. The Morgan fingerprint density at radius 3 is 2.48 bits per heavy atom. The highest BCUT2D eigenvalue weighted by Gasteiger charge is 2.14. The van der Waals surface area contributed by atoms with E-state index < -0.39 is 17.7 Å². The van der Waals surface area contributed by atoms with E-state index in [0.717, 1.165) is 29.0 Å². The van der Waals surface area contributed by atoms with Gasteiger partial charge in [-0.15, -0.1) is 0 Å². The number of nitrogens with one attached hydrogen (secondary N) is 3. The average molecular weight is 487 g/mol. The molecule has 1 aromatic heterocycles. The molecule has 0 aliphatic rings. The lowest BCUT2D eigenvalue weighted by Gasteiger charge is -2.10. The van der Waals surface area contributed by atoms with Gasteiger partial charge < -0.3 is 10.6 Å². The number of urea groups is 1. The molecule has 4 rings (SSSR count). The number of nitrogens with zero attached hydrogens (tertiary/aromatic N) is 1. The number of thiazole rings is 1. The number of aromatic nitrogens is 1. The molecule has 3 N–H and O–H groups in total. The number of para-hydroxylation sites is 1. The number of carbonyl (C=O) groups is 2. The Kier molecular flexibility index (Phi) is 6.52. The van der Waals surface area contributed by atoms with Gasteiger partial charge in [0.2, 0.25) is 0 Å². The number of aryl methyl sites for hydroxylation is 1. The molecule has 0 atom stereocenters. The predicted octanol–water partition coefficient (Wildman–Crippen LogP) is 6.11. The smallest absolute Gasteiger partial charge is 0.321 e. The molecular weight excluding hydrogens is 470 g/mol. The molecule has 168 valence electrons. The fourth-order valence-electron chi connectivity index (χ4n) is 3.11. The number of halogens is 3. The Labute approximate surface area is 196 Å². The Morgan fingerprint density at radius 1 is 1.03 bits per heavy atom. The van der Waals surface area contributed by atoms with Gasteiger partial charge in [0.25, 0.3) is 5.91 Å². The van der Waals surface area contributed by atoms with Gasteiger partial charge >= 0.3 is 6.03 Å². The van der Waals surface area contributed by atoms with E-state index in [2.05, 4.69) is 20.9 Å².